The van der Waals surface area contributed by atoms with Crippen LogP contribution >= 0.6 is 0 Å². The summed E-state index contributed by atoms with van der Waals surface area (Å²) < 4.78 is 9.94. The molecule has 6 nitrogen and oxygen atoms in total. The van der Waals surface area contributed by atoms with Gasteiger partial charge in [0.15, 0.2) is 6.61 Å². The maximum Gasteiger partial charge on any atom is 0.258 e. The predicted molar refractivity (Wildman–Crippen MR) is 69.8 cm³/mol. The number of hydrogen-bond donors (Lipinski definition) is 2. The first kappa shape index (κ1) is 15.5. The first-order valence-corrected chi connectivity index (χ1v) is 6.34. The summed E-state index contributed by atoms with van der Waals surface area (Å²) in [7, 11) is 0. The fourth-order valence-electron chi connectivity index (χ4n) is 1.84. The van der Waals surface area contributed by atoms with Crippen LogP contribution in [0.2, 0.25) is 0 Å². The van der Waals surface area contributed by atoms with Crippen LogP contribution in [-0.4, -0.2) is 34.9 Å². The zero-order valence-electron chi connectivity index (χ0n) is 11.9. The van der Waals surface area contributed by atoms with Gasteiger partial charge in [-0.3, -0.25) is 4.79 Å². The molecule has 1 unspecified atom stereocenters. The van der Waals surface area contributed by atoms with Crippen LogP contribution in [0.1, 0.15) is 33.0 Å². The molecule has 19 heavy (non-hydrogen) atoms. The molecule has 0 aliphatic carbocycles. The number of carbonyl (C=O) groups excluding carboxylic acids is 1. The monoisotopic (exact) mass is 270 g/mol. The van der Waals surface area contributed by atoms with Gasteiger partial charge in [-0.05, 0) is 31.3 Å². The van der Waals surface area contributed by atoms with Crippen molar-refractivity contribution in [3.8, 4) is 5.88 Å². The Morgan fingerprint density at radius 2 is 2.32 bits per heavy atom. The number of aliphatic hydroxyl groups is 1. The van der Waals surface area contributed by atoms with Crippen molar-refractivity contribution in [2.24, 2.45) is 5.92 Å². The van der Waals surface area contributed by atoms with Gasteiger partial charge in [0, 0.05) is 12.6 Å². The molecule has 0 radical (unpaired) electrons. The highest BCUT2D eigenvalue weighted by Crippen LogP contribution is 2.15. The van der Waals surface area contributed by atoms with Gasteiger partial charge in [0.05, 0.1) is 5.60 Å². The number of hydrogen-bond acceptors (Lipinski definition) is 5. The fraction of sp³-hybridized carbons (Fsp3) is 0.692. The molecule has 2 N–H and O–H groups in total. The molecule has 1 amide bonds. The van der Waals surface area contributed by atoms with E-state index in [1.165, 1.54) is 0 Å². The summed E-state index contributed by atoms with van der Waals surface area (Å²) >= 11 is 0. The van der Waals surface area contributed by atoms with Crippen molar-refractivity contribution >= 4 is 5.91 Å². The Morgan fingerprint density at radius 1 is 1.63 bits per heavy atom. The first-order chi connectivity index (χ1) is 8.78. The van der Waals surface area contributed by atoms with Crippen LogP contribution in [0.3, 0.4) is 0 Å². The minimum Gasteiger partial charge on any atom is -0.465 e. The molecule has 0 saturated carbocycles. The Hall–Kier alpha value is -1.56. The van der Waals surface area contributed by atoms with E-state index in [0.717, 1.165) is 0 Å². The molecule has 0 aliphatic rings. The summed E-state index contributed by atoms with van der Waals surface area (Å²) in [6, 6.07) is 1.60. The minimum absolute atomic E-state index is 0.149. The zero-order valence-corrected chi connectivity index (χ0v) is 11.9. The Labute approximate surface area is 113 Å². The Morgan fingerprint density at radius 3 is 2.84 bits per heavy atom. The van der Waals surface area contributed by atoms with Crippen LogP contribution < -0.4 is 10.1 Å². The van der Waals surface area contributed by atoms with Crippen molar-refractivity contribution in [1.29, 1.82) is 0 Å². The molecule has 1 rings (SSSR count). The number of aryl methyl sites for hydroxylation is 1. The quantitative estimate of drug-likeness (QED) is 0.779. The third-order valence-electron chi connectivity index (χ3n) is 2.47. The number of amides is 1. The average molecular weight is 270 g/mol. The number of ether oxygens (including phenoxy) is 1. The van der Waals surface area contributed by atoms with Crippen LogP contribution in [0.15, 0.2) is 10.6 Å². The van der Waals surface area contributed by atoms with Gasteiger partial charge in [0.2, 0.25) is 0 Å². The maximum atomic E-state index is 11.6. The van der Waals surface area contributed by atoms with Gasteiger partial charge in [-0.15, -0.1) is 0 Å². The lowest BCUT2D eigenvalue weighted by Crippen LogP contribution is -2.43. The van der Waals surface area contributed by atoms with Gasteiger partial charge in [-0.1, -0.05) is 13.8 Å². The van der Waals surface area contributed by atoms with Crippen LogP contribution in [0.4, 0.5) is 0 Å². The number of aromatic nitrogens is 1. The molecule has 108 valence electrons. The molecule has 1 aromatic heterocycles. The second-order valence-corrected chi connectivity index (χ2v) is 5.44. The average Bonchev–Trinajstić information content (AvgIpc) is 2.68. The smallest absolute Gasteiger partial charge is 0.258 e. The SMILES string of the molecule is Cc1cc(OCC(=O)NCC(C)(O)CC(C)C)no1. The molecule has 0 saturated heterocycles. The number of rotatable bonds is 7. The Balaban J connectivity index is 2.28. The molecule has 1 heterocycles. The molecule has 1 aromatic rings. The van der Waals surface area contributed by atoms with Crippen molar-refractivity contribution in [2.75, 3.05) is 13.2 Å². The normalized spacial score (nSPS) is 14.2. The highest BCUT2D eigenvalue weighted by Gasteiger charge is 2.22. The van der Waals surface area contributed by atoms with Gasteiger partial charge in [0.25, 0.3) is 11.8 Å². The van der Waals surface area contributed by atoms with Gasteiger partial charge in [-0.2, -0.15) is 0 Å². The second-order valence-electron chi connectivity index (χ2n) is 5.44. The molecule has 6 heteroatoms. The molecule has 0 bridgehead atoms. The molecule has 0 fully saturated rings. The van der Waals surface area contributed by atoms with Crippen molar-refractivity contribution in [3.63, 3.8) is 0 Å². The molecular weight excluding hydrogens is 248 g/mol. The van der Waals surface area contributed by atoms with Gasteiger partial charge in [-0.25, -0.2) is 0 Å². The van der Waals surface area contributed by atoms with Crippen LogP contribution in [-0.2, 0) is 4.79 Å². The summed E-state index contributed by atoms with van der Waals surface area (Å²) in [6.07, 6.45) is 0.622. The van der Waals surface area contributed by atoms with Gasteiger partial charge >= 0.3 is 0 Å². The summed E-state index contributed by atoms with van der Waals surface area (Å²) in [6.45, 7) is 7.53. The molecule has 1 atom stereocenters. The fourth-order valence-corrected chi connectivity index (χ4v) is 1.84. The number of carbonyl (C=O) groups is 1. The molecule has 0 spiro atoms. The van der Waals surface area contributed by atoms with E-state index < -0.39 is 5.60 Å². The first-order valence-electron chi connectivity index (χ1n) is 6.34. The van der Waals surface area contributed by atoms with E-state index in [9.17, 15) is 9.90 Å². The van der Waals surface area contributed by atoms with E-state index in [4.69, 9.17) is 9.26 Å². The second kappa shape index (κ2) is 6.56. The van der Waals surface area contributed by atoms with Crippen molar-refractivity contribution < 1.29 is 19.2 Å². The number of nitrogens with one attached hydrogen (secondary N) is 1. The van der Waals surface area contributed by atoms with Crippen molar-refractivity contribution in [2.45, 2.75) is 39.7 Å². The zero-order chi connectivity index (χ0) is 14.5. The van der Waals surface area contributed by atoms with Gasteiger partial charge in [0.1, 0.15) is 5.76 Å². The van der Waals surface area contributed by atoms with E-state index in [2.05, 4.69) is 10.5 Å². The largest absolute Gasteiger partial charge is 0.465 e. The summed E-state index contributed by atoms with van der Waals surface area (Å²) in [5.74, 6) is 0.961. The Bertz CT molecular complexity index is 413. The van der Waals surface area contributed by atoms with Crippen LogP contribution in [0.5, 0.6) is 5.88 Å². The topological polar surface area (TPSA) is 84.6 Å². The van der Waals surface area contributed by atoms with Crippen molar-refractivity contribution in [1.82, 2.24) is 10.5 Å². The lowest BCUT2D eigenvalue weighted by atomic mass is 9.94. The van der Waals surface area contributed by atoms with E-state index in [1.807, 2.05) is 13.8 Å². The summed E-state index contributed by atoms with van der Waals surface area (Å²) in [5.41, 5.74) is -0.908. The van der Waals surface area contributed by atoms with E-state index in [0.29, 0.717) is 18.1 Å². The van der Waals surface area contributed by atoms with E-state index >= 15 is 0 Å². The van der Waals surface area contributed by atoms with Crippen molar-refractivity contribution in [3.05, 3.63) is 11.8 Å². The standard InChI is InChI=1S/C13H22N2O4/c1-9(2)6-13(4,17)8-14-11(16)7-18-12-5-10(3)19-15-12/h5,9,17H,6-8H2,1-4H3,(H,14,16). The highest BCUT2D eigenvalue weighted by molar-refractivity contribution is 5.77. The lowest BCUT2D eigenvalue weighted by molar-refractivity contribution is -0.124. The highest BCUT2D eigenvalue weighted by atomic mass is 16.5. The molecular formula is C13H22N2O4. The summed E-state index contributed by atoms with van der Waals surface area (Å²) in [4.78, 5) is 11.6. The van der Waals surface area contributed by atoms with E-state index in [1.54, 1.807) is 19.9 Å². The predicted octanol–water partition coefficient (Wildman–Crippen LogP) is 1.28. The van der Waals surface area contributed by atoms with Crippen LogP contribution in [0.25, 0.3) is 0 Å². The minimum atomic E-state index is -0.908. The van der Waals surface area contributed by atoms with E-state index in [-0.39, 0.29) is 24.9 Å². The summed E-state index contributed by atoms with van der Waals surface area (Å²) in [5, 5.41) is 16.3. The molecule has 0 aromatic carbocycles. The van der Waals surface area contributed by atoms with Gasteiger partial charge < -0.3 is 19.7 Å². The Kier molecular flexibility index (Phi) is 5.35. The third kappa shape index (κ3) is 6.24. The number of nitrogens with zero attached hydrogens (tertiary/aromatic N) is 1. The third-order valence-corrected chi connectivity index (χ3v) is 2.47. The maximum absolute atomic E-state index is 11.6. The lowest BCUT2D eigenvalue weighted by Gasteiger charge is -2.25. The van der Waals surface area contributed by atoms with Crippen LogP contribution in [0, 0.1) is 12.8 Å². The molecule has 0 aliphatic heterocycles.